The molecule has 1 unspecified atom stereocenters. The molecular formula is C34H45F3N6OS. The lowest BCUT2D eigenvalue weighted by molar-refractivity contribution is -0.139. The number of aliphatic hydroxyl groups is 1. The lowest BCUT2D eigenvalue weighted by Gasteiger charge is -2.33. The monoisotopic (exact) mass is 642 g/mol. The van der Waals surface area contributed by atoms with E-state index in [1.807, 2.05) is 23.0 Å². The molecule has 0 amide bonds. The number of nitrogens with zero attached hydrogens (tertiary/aromatic N) is 6. The van der Waals surface area contributed by atoms with Crippen molar-refractivity contribution in [2.24, 2.45) is 0 Å². The van der Waals surface area contributed by atoms with Crippen molar-refractivity contribution in [2.75, 3.05) is 58.6 Å². The molecule has 0 spiro atoms. The van der Waals surface area contributed by atoms with Crippen LogP contribution in [0.5, 0.6) is 0 Å². The summed E-state index contributed by atoms with van der Waals surface area (Å²) < 4.78 is 44.1. The molecule has 7 nitrogen and oxygen atoms in total. The van der Waals surface area contributed by atoms with Crippen LogP contribution < -0.4 is 0 Å². The van der Waals surface area contributed by atoms with E-state index in [4.69, 9.17) is 5.10 Å². The number of fused-ring (bicyclic) bond motifs is 1. The molecule has 0 bridgehead atoms. The second-order valence-corrected chi connectivity index (χ2v) is 14.0. The van der Waals surface area contributed by atoms with Crippen molar-refractivity contribution in [3.05, 3.63) is 65.1 Å². The highest BCUT2D eigenvalue weighted by Gasteiger charge is 2.34. The first-order valence-electron chi connectivity index (χ1n) is 16.4. The molecule has 2 fully saturated rings. The van der Waals surface area contributed by atoms with Gasteiger partial charge >= 0.3 is 6.18 Å². The number of likely N-dealkylation sites (tertiary alicyclic amines) is 2. The highest BCUT2D eigenvalue weighted by molar-refractivity contribution is 7.99. The summed E-state index contributed by atoms with van der Waals surface area (Å²) >= 11 is 1.29. The minimum absolute atomic E-state index is 0.263. The van der Waals surface area contributed by atoms with Crippen LogP contribution in [0.15, 0.2) is 47.5 Å². The van der Waals surface area contributed by atoms with Gasteiger partial charge in [-0.3, -0.25) is 9.67 Å². The van der Waals surface area contributed by atoms with Crippen LogP contribution in [0, 0.1) is 0 Å². The third-order valence-corrected chi connectivity index (χ3v) is 10.6. The number of benzene rings is 1. The van der Waals surface area contributed by atoms with Gasteiger partial charge in [0.1, 0.15) is 0 Å². The maximum Gasteiger partial charge on any atom is 0.417 e. The van der Waals surface area contributed by atoms with E-state index in [2.05, 4.69) is 32.8 Å². The molecule has 0 saturated carbocycles. The summed E-state index contributed by atoms with van der Waals surface area (Å²) in [5.41, 5.74) is 4.13. The van der Waals surface area contributed by atoms with Gasteiger partial charge in [-0.2, -0.15) is 18.3 Å². The van der Waals surface area contributed by atoms with Crippen molar-refractivity contribution in [2.45, 2.75) is 74.7 Å². The standard InChI is InChI=1S/C34H45F3N6OS/c1-40-16-12-31-28(24-40)33(26-8-9-29(34(35,36)37)32(21-26)45-20-19-41-14-5-2-6-15-41)39-43(31)23-27(44)22-42-17-10-25(11-18-42)30-7-3-4-13-38-30/h3-4,7-9,13,21,25,27,44H,2,5-6,10-12,14-20,22-24H2,1H3. The number of β-amino-alcohol motifs (C(OH)–C–C–N with tert-alkyl or cyclic N) is 1. The van der Waals surface area contributed by atoms with Gasteiger partial charge in [-0.05, 0) is 83.2 Å². The van der Waals surface area contributed by atoms with Gasteiger partial charge in [-0.15, -0.1) is 11.8 Å². The minimum atomic E-state index is -4.42. The molecule has 0 aliphatic carbocycles. The van der Waals surface area contributed by atoms with Crippen LogP contribution in [-0.2, 0) is 25.7 Å². The third kappa shape index (κ3) is 8.11. The van der Waals surface area contributed by atoms with Crippen molar-refractivity contribution in [3.63, 3.8) is 0 Å². The predicted molar refractivity (Wildman–Crippen MR) is 172 cm³/mol. The van der Waals surface area contributed by atoms with Crippen LogP contribution in [-0.4, -0.2) is 99.3 Å². The molecule has 244 valence electrons. The number of halogens is 3. The molecule has 11 heteroatoms. The van der Waals surface area contributed by atoms with Crippen LogP contribution in [0.4, 0.5) is 13.2 Å². The first-order chi connectivity index (χ1) is 21.7. The maximum atomic E-state index is 14.1. The van der Waals surface area contributed by atoms with Gasteiger partial charge in [-0.25, -0.2) is 0 Å². The minimum Gasteiger partial charge on any atom is -0.390 e. The Kier molecular flexibility index (Phi) is 10.5. The van der Waals surface area contributed by atoms with Crippen molar-refractivity contribution < 1.29 is 18.3 Å². The molecule has 45 heavy (non-hydrogen) atoms. The van der Waals surface area contributed by atoms with E-state index < -0.39 is 17.8 Å². The predicted octanol–water partition coefficient (Wildman–Crippen LogP) is 5.77. The van der Waals surface area contributed by atoms with Crippen LogP contribution >= 0.6 is 11.8 Å². The first-order valence-corrected chi connectivity index (χ1v) is 17.4. The third-order valence-electron chi connectivity index (χ3n) is 9.55. The lowest BCUT2D eigenvalue weighted by Crippen LogP contribution is -2.40. The highest BCUT2D eigenvalue weighted by Crippen LogP contribution is 2.40. The van der Waals surface area contributed by atoms with E-state index in [1.165, 1.54) is 24.2 Å². The molecule has 0 radical (unpaired) electrons. The Labute approximate surface area is 268 Å². The summed E-state index contributed by atoms with van der Waals surface area (Å²) in [4.78, 5) is 11.7. The molecule has 1 N–H and O–H groups in total. The Balaban J connectivity index is 1.17. The summed E-state index contributed by atoms with van der Waals surface area (Å²) in [6.45, 7) is 7.16. The van der Waals surface area contributed by atoms with Gasteiger partial charge in [0.25, 0.3) is 0 Å². The Hall–Kier alpha value is -2.44. The molecular weight excluding hydrogens is 597 g/mol. The van der Waals surface area contributed by atoms with E-state index in [9.17, 15) is 18.3 Å². The fourth-order valence-electron chi connectivity index (χ4n) is 7.08. The molecule has 1 aromatic carbocycles. The summed E-state index contributed by atoms with van der Waals surface area (Å²) in [5, 5.41) is 16.2. The number of thioether (sulfide) groups is 1. The Bertz CT molecular complexity index is 1400. The van der Waals surface area contributed by atoms with Crippen molar-refractivity contribution in [1.29, 1.82) is 0 Å². The van der Waals surface area contributed by atoms with Gasteiger partial charge in [-0.1, -0.05) is 18.6 Å². The van der Waals surface area contributed by atoms with Gasteiger partial charge in [0.2, 0.25) is 0 Å². The largest absolute Gasteiger partial charge is 0.417 e. The number of rotatable bonds is 10. The van der Waals surface area contributed by atoms with E-state index in [1.54, 1.807) is 12.1 Å². The smallest absolute Gasteiger partial charge is 0.390 e. The SMILES string of the molecule is CN1CCc2c(c(-c3ccc(C(F)(F)F)c(SCCN4CCCCC4)c3)nn2CC(O)CN2CCC(c3ccccn3)CC2)C1. The Morgan fingerprint density at radius 3 is 2.51 bits per heavy atom. The van der Waals surface area contributed by atoms with Crippen molar-refractivity contribution >= 4 is 11.8 Å². The number of likely N-dealkylation sites (N-methyl/N-ethyl adjacent to an activating group) is 1. The molecule has 2 saturated heterocycles. The molecule has 3 aliphatic rings. The van der Waals surface area contributed by atoms with Crippen LogP contribution in [0.1, 0.15) is 60.5 Å². The fraction of sp³-hybridized carbons (Fsp3) is 0.588. The van der Waals surface area contributed by atoms with Crippen LogP contribution in [0.3, 0.4) is 0 Å². The van der Waals surface area contributed by atoms with Gasteiger partial charge in [0, 0.05) is 77.9 Å². The Morgan fingerprint density at radius 2 is 1.78 bits per heavy atom. The summed E-state index contributed by atoms with van der Waals surface area (Å²) in [6.07, 6.45) is 3.22. The molecule has 5 heterocycles. The van der Waals surface area contributed by atoms with Crippen LogP contribution in [0.2, 0.25) is 0 Å². The molecule has 3 aliphatic heterocycles. The topological polar surface area (TPSA) is 60.7 Å². The summed E-state index contributed by atoms with van der Waals surface area (Å²) in [6, 6.07) is 10.6. The molecule has 2 aromatic heterocycles. The molecule has 3 aromatic rings. The zero-order valence-electron chi connectivity index (χ0n) is 26.2. The molecule has 6 rings (SSSR count). The average Bonchev–Trinajstić information content (AvgIpc) is 3.38. The number of hydrogen-bond donors (Lipinski definition) is 1. The highest BCUT2D eigenvalue weighted by atomic mass is 32.2. The summed E-state index contributed by atoms with van der Waals surface area (Å²) in [5.74, 6) is 1.07. The quantitative estimate of drug-likeness (QED) is 0.282. The lowest BCUT2D eigenvalue weighted by atomic mass is 9.93. The summed E-state index contributed by atoms with van der Waals surface area (Å²) in [7, 11) is 2.06. The van der Waals surface area contributed by atoms with Crippen molar-refractivity contribution in [3.8, 4) is 11.3 Å². The van der Waals surface area contributed by atoms with E-state index in [0.29, 0.717) is 36.9 Å². The number of piperidine rings is 2. The number of hydrogen-bond acceptors (Lipinski definition) is 7. The number of aromatic nitrogens is 3. The first kappa shape index (κ1) is 32.5. The number of alkyl halides is 3. The average molecular weight is 643 g/mol. The zero-order chi connectivity index (χ0) is 31.4. The van der Waals surface area contributed by atoms with Gasteiger partial charge in [0.15, 0.2) is 0 Å². The second-order valence-electron chi connectivity index (χ2n) is 12.9. The molecule has 1 atom stereocenters. The van der Waals surface area contributed by atoms with E-state index >= 15 is 0 Å². The normalized spacial score (nSPS) is 19.9. The van der Waals surface area contributed by atoms with Crippen molar-refractivity contribution in [1.82, 2.24) is 29.5 Å². The zero-order valence-corrected chi connectivity index (χ0v) is 27.0. The number of aliphatic hydroxyl groups excluding tert-OH is 1. The van der Waals surface area contributed by atoms with E-state index in [0.717, 1.165) is 94.0 Å². The second kappa shape index (κ2) is 14.5. The Morgan fingerprint density at radius 1 is 0.978 bits per heavy atom. The number of pyridine rings is 1. The maximum absolute atomic E-state index is 14.1. The van der Waals surface area contributed by atoms with Gasteiger partial charge in [0.05, 0.1) is 23.9 Å². The van der Waals surface area contributed by atoms with Crippen LogP contribution in [0.25, 0.3) is 11.3 Å². The van der Waals surface area contributed by atoms with Gasteiger partial charge < -0.3 is 19.8 Å². The van der Waals surface area contributed by atoms with E-state index in [-0.39, 0.29) is 4.90 Å². The fourth-order valence-corrected chi connectivity index (χ4v) is 8.20.